The lowest BCUT2D eigenvalue weighted by atomic mass is 10.2. The van der Waals surface area contributed by atoms with Gasteiger partial charge in [-0.1, -0.05) is 37.0 Å². The van der Waals surface area contributed by atoms with Gasteiger partial charge in [-0.15, -0.1) is 0 Å². The Hall–Kier alpha value is -0.600. The molecule has 0 unspecified atom stereocenters. The molecular weight excluding hydrogens is 245 g/mol. The zero-order chi connectivity index (χ0) is 12.1. The van der Waals surface area contributed by atoms with E-state index in [0.717, 1.165) is 31.6 Å². The zero-order valence-corrected chi connectivity index (χ0v) is 11.1. The van der Waals surface area contributed by atoms with Crippen molar-refractivity contribution in [1.29, 1.82) is 0 Å². The van der Waals surface area contributed by atoms with Crippen LogP contribution in [-0.4, -0.2) is 18.2 Å². The van der Waals surface area contributed by atoms with Gasteiger partial charge in [0.2, 0.25) is 0 Å². The third-order valence-electron chi connectivity index (χ3n) is 2.37. The van der Waals surface area contributed by atoms with Crippen molar-refractivity contribution >= 4 is 28.9 Å². The van der Waals surface area contributed by atoms with Gasteiger partial charge in [-0.2, -0.15) is 0 Å². The van der Waals surface area contributed by atoms with E-state index in [1.54, 1.807) is 6.07 Å². The van der Waals surface area contributed by atoms with Gasteiger partial charge < -0.3 is 10.0 Å². The molecule has 0 aliphatic rings. The van der Waals surface area contributed by atoms with E-state index in [1.807, 2.05) is 6.07 Å². The lowest BCUT2D eigenvalue weighted by Crippen LogP contribution is -2.25. The van der Waals surface area contributed by atoms with E-state index in [2.05, 4.69) is 18.7 Å². The zero-order valence-electron chi connectivity index (χ0n) is 9.63. The maximum Gasteiger partial charge on any atom is 0.135 e. The normalized spacial score (nSPS) is 10.5. The van der Waals surface area contributed by atoms with Gasteiger partial charge in [-0.25, -0.2) is 0 Å². The van der Waals surface area contributed by atoms with E-state index in [-0.39, 0.29) is 10.8 Å². The highest BCUT2D eigenvalue weighted by Gasteiger charge is 2.13. The molecule has 0 bridgehead atoms. The molecule has 16 heavy (non-hydrogen) atoms. The second-order valence-corrected chi connectivity index (χ2v) is 4.47. The third kappa shape index (κ3) is 2.96. The van der Waals surface area contributed by atoms with Gasteiger partial charge in [0.1, 0.15) is 10.8 Å². The standard InChI is InChI=1S/C12H17Cl2NO/c1-3-7-15(8-4-2)9-5-6-10(16)12(14)11(9)13/h5-6,16H,3-4,7-8H2,1-2H3. The molecule has 2 nitrogen and oxygen atoms in total. The Bertz CT molecular complexity index is 349. The molecule has 0 spiro atoms. The molecule has 90 valence electrons. The lowest BCUT2D eigenvalue weighted by molar-refractivity contribution is 0.475. The summed E-state index contributed by atoms with van der Waals surface area (Å²) < 4.78 is 0. The Kier molecular flexibility index (Phi) is 5.23. The molecule has 0 aliphatic carbocycles. The average Bonchev–Trinajstić information content (AvgIpc) is 2.26. The number of hydrogen-bond acceptors (Lipinski definition) is 2. The molecule has 1 aromatic carbocycles. The number of phenols is 1. The fourth-order valence-electron chi connectivity index (χ4n) is 1.67. The molecule has 4 heteroatoms. The monoisotopic (exact) mass is 261 g/mol. The van der Waals surface area contributed by atoms with E-state index in [9.17, 15) is 5.11 Å². The predicted octanol–water partition coefficient (Wildman–Crippen LogP) is 4.33. The molecule has 0 radical (unpaired) electrons. The minimum atomic E-state index is 0.0309. The molecule has 0 atom stereocenters. The van der Waals surface area contributed by atoms with Crippen LogP contribution >= 0.6 is 23.2 Å². The summed E-state index contributed by atoms with van der Waals surface area (Å²) in [5.41, 5.74) is 0.896. The molecular formula is C12H17Cl2NO. The van der Waals surface area contributed by atoms with Crippen LogP contribution in [0.15, 0.2) is 12.1 Å². The van der Waals surface area contributed by atoms with Gasteiger partial charge in [-0.05, 0) is 25.0 Å². The topological polar surface area (TPSA) is 23.5 Å². The minimum Gasteiger partial charge on any atom is -0.506 e. The number of rotatable bonds is 5. The smallest absolute Gasteiger partial charge is 0.135 e. The van der Waals surface area contributed by atoms with Crippen LogP contribution in [0.5, 0.6) is 5.75 Å². The Labute approximate surface area is 107 Å². The maximum absolute atomic E-state index is 9.43. The summed E-state index contributed by atoms with van der Waals surface area (Å²) in [7, 11) is 0. The van der Waals surface area contributed by atoms with E-state index in [1.165, 1.54) is 0 Å². The lowest BCUT2D eigenvalue weighted by Gasteiger charge is -2.25. The first kappa shape index (κ1) is 13.5. The number of benzene rings is 1. The highest BCUT2D eigenvalue weighted by Crippen LogP contribution is 2.38. The van der Waals surface area contributed by atoms with Crippen LogP contribution in [0.4, 0.5) is 5.69 Å². The molecule has 0 heterocycles. The number of aromatic hydroxyl groups is 1. The fraction of sp³-hybridized carbons (Fsp3) is 0.500. The molecule has 0 aromatic heterocycles. The number of phenolic OH excluding ortho intramolecular Hbond substituents is 1. The van der Waals surface area contributed by atoms with Crippen molar-refractivity contribution in [1.82, 2.24) is 0 Å². The van der Waals surface area contributed by atoms with Crippen molar-refractivity contribution in [3.05, 3.63) is 22.2 Å². The Morgan fingerprint density at radius 1 is 1.06 bits per heavy atom. The van der Waals surface area contributed by atoms with E-state index < -0.39 is 0 Å². The van der Waals surface area contributed by atoms with Crippen LogP contribution in [0.25, 0.3) is 0 Å². The molecule has 0 saturated carbocycles. The predicted molar refractivity (Wildman–Crippen MR) is 70.9 cm³/mol. The highest BCUT2D eigenvalue weighted by molar-refractivity contribution is 6.44. The second-order valence-electron chi connectivity index (χ2n) is 3.72. The maximum atomic E-state index is 9.43. The quantitative estimate of drug-likeness (QED) is 0.853. The van der Waals surface area contributed by atoms with Crippen LogP contribution in [-0.2, 0) is 0 Å². The summed E-state index contributed by atoms with van der Waals surface area (Å²) in [6, 6.07) is 3.40. The summed E-state index contributed by atoms with van der Waals surface area (Å²) >= 11 is 12.0. The number of anilines is 1. The molecule has 0 aliphatic heterocycles. The van der Waals surface area contributed by atoms with Gasteiger partial charge in [0, 0.05) is 13.1 Å². The number of hydrogen-bond donors (Lipinski definition) is 1. The Morgan fingerprint density at radius 3 is 2.12 bits per heavy atom. The first-order chi connectivity index (χ1) is 7.61. The van der Waals surface area contributed by atoms with Crippen molar-refractivity contribution in [3.63, 3.8) is 0 Å². The summed E-state index contributed by atoms with van der Waals surface area (Å²) in [6.45, 7) is 6.13. The van der Waals surface area contributed by atoms with Gasteiger partial charge in [-0.3, -0.25) is 0 Å². The highest BCUT2D eigenvalue weighted by atomic mass is 35.5. The average molecular weight is 262 g/mol. The molecule has 0 amide bonds. The van der Waals surface area contributed by atoms with E-state index in [0.29, 0.717) is 5.02 Å². The van der Waals surface area contributed by atoms with Crippen LogP contribution in [0.2, 0.25) is 10.0 Å². The molecule has 1 N–H and O–H groups in total. The first-order valence-corrected chi connectivity index (χ1v) is 6.29. The fourth-order valence-corrected chi connectivity index (χ4v) is 2.10. The minimum absolute atomic E-state index is 0.0309. The Balaban J connectivity index is 3.04. The summed E-state index contributed by atoms with van der Waals surface area (Å²) in [5, 5.41) is 10.1. The van der Waals surface area contributed by atoms with Gasteiger partial charge >= 0.3 is 0 Å². The third-order valence-corrected chi connectivity index (χ3v) is 3.23. The SMILES string of the molecule is CCCN(CCC)c1ccc(O)c(Cl)c1Cl. The van der Waals surface area contributed by atoms with Crippen molar-refractivity contribution in [2.75, 3.05) is 18.0 Å². The summed E-state index contributed by atoms with van der Waals surface area (Å²) in [6.07, 6.45) is 2.10. The molecule has 1 aromatic rings. The van der Waals surface area contributed by atoms with Crippen LogP contribution < -0.4 is 4.90 Å². The number of halogens is 2. The van der Waals surface area contributed by atoms with Gasteiger partial charge in [0.25, 0.3) is 0 Å². The van der Waals surface area contributed by atoms with Crippen LogP contribution in [0.3, 0.4) is 0 Å². The second kappa shape index (κ2) is 6.21. The van der Waals surface area contributed by atoms with E-state index >= 15 is 0 Å². The summed E-state index contributed by atoms with van der Waals surface area (Å²) in [5.74, 6) is 0.0309. The summed E-state index contributed by atoms with van der Waals surface area (Å²) in [4.78, 5) is 2.19. The van der Waals surface area contributed by atoms with Gasteiger partial charge in [0.05, 0.1) is 10.7 Å². The van der Waals surface area contributed by atoms with Crippen LogP contribution in [0, 0.1) is 0 Å². The first-order valence-electron chi connectivity index (χ1n) is 5.53. The Morgan fingerprint density at radius 2 is 1.62 bits per heavy atom. The van der Waals surface area contributed by atoms with Gasteiger partial charge in [0.15, 0.2) is 0 Å². The molecule has 0 saturated heterocycles. The van der Waals surface area contributed by atoms with Crippen molar-refractivity contribution < 1.29 is 5.11 Å². The largest absolute Gasteiger partial charge is 0.506 e. The number of nitrogens with zero attached hydrogens (tertiary/aromatic N) is 1. The molecule has 1 rings (SSSR count). The van der Waals surface area contributed by atoms with E-state index in [4.69, 9.17) is 23.2 Å². The van der Waals surface area contributed by atoms with Crippen molar-refractivity contribution in [3.8, 4) is 5.75 Å². The molecule has 0 fully saturated rings. The van der Waals surface area contributed by atoms with Crippen molar-refractivity contribution in [2.45, 2.75) is 26.7 Å². The van der Waals surface area contributed by atoms with Crippen molar-refractivity contribution in [2.24, 2.45) is 0 Å². The van der Waals surface area contributed by atoms with Crippen LogP contribution in [0.1, 0.15) is 26.7 Å².